The topological polar surface area (TPSA) is 66.4 Å². The molecule has 1 unspecified atom stereocenters. The molecule has 1 rings (SSSR count). The Kier molecular flexibility index (Phi) is 6.14. The van der Waals surface area contributed by atoms with E-state index in [1.807, 2.05) is 13.0 Å². The van der Waals surface area contributed by atoms with Gasteiger partial charge in [-0.3, -0.25) is 0 Å². The first-order valence-electron chi connectivity index (χ1n) is 5.87. The molecule has 0 aliphatic carbocycles. The SMILES string of the molecule is CCNS(=O)(=O)c1ccccc1SC(C)CCO. The molecular weight excluding hydrogens is 270 g/mol. The van der Waals surface area contributed by atoms with Crippen LogP contribution in [-0.4, -0.2) is 31.9 Å². The molecule has 6 heteroatoms. The first-order chi connectivity index (χ1) is 8.51. The second-order valence-corrected chi connectivity index (χ2v) is 7.10. The Morgan fingerprint density at radius 1 is 1.39 bits per heavy atom. The summed E-state index contributed by atoms with van der Waals surface area (Å²) in [6.45, 7) is 4.20. The van der Waals surface area contributed by atoms with Crippen LogP contribution in [0.4, 0.5) is 0 Å². The van der Waals surface area contributed by atoms with E-state index in [2.05, 4.69) is 4.72 Å². The largest absolute Gasteiger partial charge is 0.396 e. The van der Waals surface area contributed by atoms with Gasteiger partial charge in [0, 0.05) is 23.3 Å². The molecule has 1 aromatic carbocycles. The predicted octanol–water partition coefficient (Wildman–Crippen LogP) is 1.85. The van der Waals surface area contributed by atoms with Crippen molar-refractivity contribution in [2.45, 2.75) is 35.3 Å². The van der Waals surface area contributed by atoms with Crippen LogP contribution < -0.4 is 4.72 Å². The van der Waals surface area contributed by atoms with Gasteiger partial charge in [0.25, 0.3) is 0 Å². The average Bonchev–Trinajstić information content (AvgIpc) is 2.29. The van der Waals surface area contributed by atoms with Crippen LogP contribution in [0.1, 0.15) is 20.3 Å². The van der Waals surface area contributed by atoms with E-state index in [0.717, 1.165) is 4.90 Å². The number of benzene rings is 1. The van der Waals surface area contributed by atoms with Crippen molar-refractivity contribution in [2.24, 2.45) is 0 Å². The van der Waals surface area contributed by atoms with E-state index in [4.69, 9.17) is 5.11 Å². The van der Waals surface area contributed by atoms with Crippen molar-refractivity contribution in [2.75, 3.05) is 13.2 Å². The van der Waals surface area contributed by atoms with Crippen LogP contribution in [0.5, 0.6) is 0 Å². The van der Waals surface area contributed by atoms with E-state index >= 15 is 0 Å². The van der Waals surface area contributed by atoms with Gasteiger partial charge in [-0.15, -0.1) is 11.8 Å². The number of sulfonamides is 1. The van der Waals surface area contributed by atoms with Gasteiger partial charge in [0.2, 0.25) is 10.0 Å². The van der Waals surface area contributed by atoms with Crippen molar-refractivity contribution in [1.82, 2.24) is 4.72 Å². The molecule has 0 amide bonds. The molecule has 0 radical (unpaired) electrons. The molecule has 0 bridgehead atoms. The molecule has 1 atom stereocenters. The molecule has 0 saturated heterocycles. The molecule has 0 fully saturated rings. The van der Waals surface area contributed by atoms with Crippen LogP contribution in [0.2, 0.25) is 0 Å². The second kappa shape index (κ2) is 7.13. The summed E-state index contributed by atoms with van der Waals surface area (Å²) in [6.07, 6.45) is 0.639. The highest BCUT2D eigenvalue weighted by atomic mass is 32.2. The monoisotopic (exact) mass is 289 g/mol. The van der Waals surface area contributed by atoms with Gasteiger partial charge in [0.05, 0.1) is 4.90 Å². The van der Waals surface area contributed by atoms with Gasteiger partial charge in [0.1, 0.15) is 0 Å². The van der Waals surface area contributed by atoms with Crippen LogP contribution in [-0.2, 0) is 10.0 Å². The Morgan fingerprint density at radius 3 is 2.67 bits per heavy atom. The predicted molar refractivity (Wildman–Crippen MR) is 74.3 cm³/mol. The van der Waals surface area contributed by atoms with E-state index in [1.54, 1.807) is 25.1 Å². The summed E-state index contributed by atoms with van der Waals surface area (Å²) in [7, 11) is -3.43. The molecule has 2 N–H and O–H groups in total. The third-order valence-electron chi connectivity index (χ3n) is 2.34. The number of nitrogens with one attached hydrogen (secondary N) is 1. The van der Waals surface area contributed by atoms with Gasteiger partial charge >= 0.3 is 0 Å². The maximum atomic E-state index is 12.0. The minimum absolute atomic E-state index is 0.107. The molecule has 0 aliphatic rings. The standard InChI is InChI=1S/C12H19NO3S2/c1-3-13-18(15,16)12-7-5-4-6-11(12)17-10(2)8-9-14/h4-7,10,13-14H,3,8-9H2,1-2H3. The Labute approximate surface area is 113 Å². The van der Waals surface area contributed by atoms with Crippen molar-refractivity contribution in [3.63, 3.8) is 0 Å². The first-order valence-corrected chi connectivity index (χ1v) is 8.23. The fraction of sp³-hybridized carbons (Fsp3) is 0.500. The van der Waals surface area contributed by atoms with Crippen molar-refractivity contribution >= 4 is 21.8 Å². The number of aliphatic hydroxyl groups excluding tert-OH is 1. The van der Waals surface area contributed by atoms with Gasteiger partial charge in [-0.25, -0.2) is 13.1 Å². The van der Waals surface area contributed by atoms with Gasteiger partial charge in [-0.1, -0.05) is 26.0 Å². The normalized spacial score (nSPS) is 13.5. The maximum absolute atomic E-state index is 12.0. The van der Waals surface area contributed by atoms with Crippen molar-refractivity contribution < 1.29 is 13.5 Å². The van der Waals surface area contributed by atoms with Crippen molar-refractivity contribution in [1.29, 1.82) is 0 Å². The lowest BCUT2D eigenvalue weighted by molar-refractivity contribution is 0.289. The summed E-state index contributed by atoms with van der Waals surface area (Å²) < 4.78 is 26.5. The summed E-state index contributed by atoms with van der Waals surface area (Å²) in [5.41, 5.74) is 0. The summed E-state index contributed by atoms with van der Waals surface area (Å²) >= 11 is 1.47. The molecule has 0 saturated carbocycles. The first kappa shape index (κ1) is 15.5. The summed E-state index contributed by atoms with van der Waals surface area (Å²) in [6, 6.07) is 6.93. The third kappa shape index (κ3) is 4.28. The molecule has 102 valence electrons. The van der Waals surface area contributed by atoms with Gasteiger partial charge < -0.3 is 5.11 Å². The van der Waals surface area contributed by atoms with Crippen LogP contribution in [0.3, 0.4) is 0 Å². The number of aliphatic hydroxyl groups is 1. The Balaban J connectivity index is 3.00. The average molecular weight is 289 g/mol. The summed E-state index contributed by atoms with van der Waals surface area (Å²) in [4.78, 5) is 1.03. The van der Waals surface area contributed by atoms with E-state index in [9.17, 15) is 8.42 Å². The molecule has 0 aliphatic heterocycles. The van der Waals surface area contributed by atoms with Crippen molar-refractivity contribution in [3.05, 3.63) is 24.3 Å². The molecule has 18 heavy (non-hydrogen) atoms. The second-order valence-electron chi connectivity index (χ2n) is 3.89. The summed E-state index contributed by atoms with van der Waals surface area (Å²) in [5.74, 6) is 0. The van der Waals surface area contributed by atoms with Crippen molar-refractivity contribution in [3.8, 4) is 0 Å². The number of hydrogen-bond acceptors (Lipinski definition) is 4. The molecule has 1 aromatic rings. The Hall–Kier alpha value is -0.560. The zero-order chi connectivity index (χ0) is 13.6. The minimum atomic E-state index is -3.43. The minimum Gasteiger partial charge on any atom is -0.396 e. The van der Waals surface area contributed by atoms with Crippen LogP contribution in [0.15, 0.2) is 34.1 Å². The molecular formula is C12H19NO3S2. The van der Waals surface area contributed by atoms with Gasteiger partial charge in [-0.05, 0) is 18.6 Å². The highest BCUT2D eigenvalue weighted by Crippen LogP contribution is 2.30. The molecule has 0 spiro atoms. The fourth-order valence-electron chi connectivity index (χ4n) is 1.49. The van der Waals surface area contributed by atoms with E-state index in [0.29, 0.717) is 17.9 Å². The lowest BCUT2D eigenvalue weighted by atomic mass is 10.3. The highest BCUT2D eigenvalue weighted by molar-refractivity contribution is 8.00. The highest BCUT2D eigenvalue weighted by Gasteiger charge is 2.18. The van der Waals surface area contributed by atoms with E-state index in [1.165, 1.54) is 11.8 Å². The number of rotatable bonds is 7. The third-order valence-corrected chi connectivity index (χ3v) is 5.32. The fourth-order valence-corrected chi connectivity index (χ4v) is 4.09. The molecule has 0 heterocycles. The summed E-state index contributed by atoms with van der Waals surface area (Å²) in [5, 5.41) is 9.06. The maximum Gasteiger partial charge on any atom is 0.241 e. The smallest absolute Gasteiger partial charge is 0.241 e. The molecule has 0 aromatic heterocycles. The zero-order valence-electron chi connectivity index (χ0n) is 10.6. The quantitative estimate of drug-likeness (QED) is 0.752. The Morgan fingerprint density at radius 2 is 2.06 bits per heavy atom. The number of thioether (sulfide) groups is 1. The lowest BCUT2D eigenvalue weighted by Gasteiger charge is -2.13. The molecule has 4 nitrogen and oxygen atoms in total. The van der Waals surface area contributed by atoms with Gasteiger partial charge in [-0.2, -0.15) is 0 Å². The lowest BCUT2D eigenvalue weighted by Crippen LogP contribution is -2.23. The van der Waals surface area contributed by atoms with E-state index < -0.39 is 10.0 Å². The van der Waals surface area contributed by atoms with E-state index in [-0.39, 0.29) is 11.9 Å². The van der Waals surface area contributed by atoms with Gasteiger partial charge in [0.15, 0.2) is 0 Å². The van der Waals surface area contributed by atoms with Crippen LogP contribution in [0, 0.1) is 0 Å². The zero-order valence-corrected chi connectivity index (χ0v) is 12.2. The number of hydrogen-bond donors (Lipinski definition) is 2. The van der Waals surface area contributed by atoms with Crippen LogP contribution >= 0.6 is 11.8 Å². The Bertz CT molecular complexity index is 474. The van der Waals surface area contributed by atoms with Crippen LogP contribution in [0.25, 0.3) is 0 Å².